The van der Waals surface area contributed by atoms with Crippen molar-refractivity contribution in [3.05, 3.63) is 53.2 Å². The minimum absolute atomic E-state index is 0.000797. The van der Waals surface area contributed by atoms with Crippen LogP contribution in [0, 0.1) is 0 Å². The Bertz CT molecular complexity index is 817. The second kappa shape index (κ2) is 7.35. The van der Waals surface area contributed by atoms with Gasteiger partial charge >= 0.3 is 0 Å². The van der Waals surface area contributed by atoms with Gasteiger partial charge in [0.05, 0.1) is 29.1 Å². The molecule has 130 valence electrons. The number of thiophene rings is 1. The number of pyridine rings is 1. The molecule has 1 aliphatic rings. The van der Waals surface area contributed by atoms with Crippen LogP contribution in [-0.2, 0) is 11.3 Å². The van der Waals surface area contributed by atoms with Gasteiger partial charge in [0, 0.05) is 32.2 Å². The van der Waals surface area contributed by atoms with Gasteiger partial charge in [-0.15, -0.1) is 11.3 Å². The molecule has 6 nitrogen and oxygen atoms in total. The summed E-state index contributed by atoms with van der Waals surface area (Å²) in [6.07, 6.45) is 1.93. The fourth-order valence-corrected chi connectivity index (χ4v) is 3.86. The van der Waals surface area contributed by atoms with Crippen molar-refractivity contribution >= 4 is 17.2 Å². The fourth-order valence-electron chi connectivity index (χ4n) is 3.10. The van der Waals surface area contributed by atoms with Crippen molar-refractivity contribution < 1.29 is 4.74 Å². The summed E-state index contributed by atoms with van der Waals surface area (Å²) in [6.45, 7) is 3.31. The van der Waals surface area contributed by atoms with Gasteiger partial charge in [-0.25, -0.2) is 4.98 Å². The molecule has 0 amide bonds. The van der Waals surface area contributed by atoms with E-state index in [4.69, 9.17) is 4.74 Å². The largest absolute Gasteiger partial charge is 0.373 e. The molecule has 3 aromatic heterocycles. The van der Waals surface area contributed by atoms with Crippen LogP contribution in [0.25, 0.3) is 10.6 Å². The van der Waals surface area contributed by atoms with E-state index in [0.717, 1.165) is 36.8 Å². The van der Waals surface area contributed by atoms with Crippen molar-refractivity contribution in [1.82, 2.24) is 20.1 Å². The first-order valence-electron chi connectivity index (χ1n) is 8.38. The Morgan fingerprint density at radius 2 is 2.32 bits per heavy atom. The Balaban J connectivity index is 1.48. The number of hydrogen-bond acceptors (Lipinski definition) is 6. The number of nitrogens with one attached hydrogen (secondary N) is 2. The number of aromatic amines is 1. The molecule has 0 saturated carbocycles. The summed E-state index contributed by atoms with van der Waals surface area (Å²) in [7, 11) is 1.88. The summed E-state index contributed by atoms with van der Waals surface area (Å²) >= 11 is 1.73. The highest BCUT2D eigenvalue weighted by atomic mass is 32.1. The molecule has 25 heavy (non-hydrogen) atoms. The van der Waals surface area contributed by atoms with Crippen molar-refractivity contribution in [2.75, 3.05) is 32.1 Å². The number of anilines is 1. The zero-order valence-corrected chi connectivity index (χ0v) is 14.9. The summed E-state index contributed by atoms with van der Waals surface area (Å²) in [5, 5.41) is 12.6. The number of hydrogen-bond donors (Lipinski definition) is 2. The topological polar surface area (TPSA) is 66.1 Å². The van der Waals surface area contributed by atoms with E-state index in [1.54, 1.807) is 11.3 Å². The second-order valence-corrected chi connectivity index (χ2v) is 6.99. The van der Waals surface area contributed by atoms with Crippen molar-refractivity contribution in [3.63, 3.8) is 0 Å². The molecule has 1 saturated heterocycles. The monoisotopic (exact) mass is 355 g/mol. The lowest BCUT2D eigenvalue weighted by Gasteiger charge is -2.32. The Kier molecular flexibility index (Phi) is 4.78. The van der Waals surface area contributed by atoms with Gasteiger partial charge in [0.1, 0.15) is 11.9 Å². The standard InChI is InChI=1S/C18H21N5OS/c1-19-17-6-2-4-14(21-17)15-12-23(7-8-24-15)11-13-10-20-22-18(13)16-5-3-9-25-16/h2-6,9-10,15H,7-8,11-12H2,1H3,(H,19,21)(H,20,22)/t15-/m1/s1. The summed E-state index contributed by atoms with van der Waals surface area (Å²) in [5.74, 6) is 0.869. The molecule has 0 aliphatic carbocycles. The third-order valence-corrected chi connectivity index (χ3v) is 5.27. The highest BCUT2D eigenvalue weighted by molar-refractivity contribution is 7.13. The second-order valence-electron chi connectivity index (χ2n) is 6.04. The summed E-state index contributed by atoms with van der Waals surface area (Å²) in [5.41, 5.74) is 3.32. The summed E-state index contributed by atoms with van der Waals surface area (Å²) in [4.78, 5) is 8.25. The molecule has 4 rings (SSSR count). The molecular formula is C18H21N5OS. The van der Waals surface area contributed by atoms with Gasteiger partial charge in [-0.3, -0.25) is 10.00 Å². The number of rotatable bonds is 5. The van der Waals surface area contributed by atoms with Crippen LogP contribution in [-0.4, -0.2) is 46.8 Å². The fraction of sp³-hybridized carbons (Fsp3) is 0.333. The predicted octanol–water partition coefficient (Wildman–Crippen LogP) is 3.15. The van der Waals surface area contributed by atoms with Crippen molar-refractivity contribution in [1.29, 1.82) is 0 Å². The molecule has 4 heterocycles. The van der Waals surface area contributed by atoms with Crippen LogP contribution in [0.3, 0.4) is 0 Å². The molecular weight excluding hydrogens is 334 g/mol. The van der Waals surface area contributed by atoms with Crippen LogP contribution in [0.5, 0.6) is 0 Å². The lowest BCUT2D eigenvalue weighted by atomic mass is 10.1. The smallest absolute Gasteiger partial charge is 0.126 e. The van der Waals surface area contributed by atoms with E-state index >= 15 is 0 Å². The van der Waals surface area contributed by atoms with E-state index in [2.05, 4.69) is 42.9 Å². The van der Waals surface area contributed by atoms with Gasteiger partial charge in [-0.2, -0.15) is 5.10 Å². The van der Waals surface area contributed by atoms with Crippen LogP contribution in [0.2, 0.25) is 0 Å². The number of ether oxygens (including phenoxy) is 1. The summed E-state index contributed by atoms with van der Waals surface area (Å²) in [6, 6.07) is 10.2. The van der Waals surface area contributed by atoms with E-state index < -0.39 is 0 Å². The van der Waals surface area contributed by atoms with Gasteiger partial charge in [0.2, 0.25) is 0 Å². The van der Waals surface area contributed by atoms with E-state index in [1.807, 2.05) is 31.4 Å². The molecule has 3 aromatic rings. The molecule has 0 aromatic carbocycles. The minimum Gasteiger partial charge on any atom is -0.373 e. The average Bonchev–Trinajstić information content (AvgIpc) is 3.33. The molecule has 7 heteroatoms. The Labute approximate surface area is 150 Å². The van der Waals surface area contributed by atoms with Crippen molar-refractivity contribution in [2.45, 2.75) is 12.6 Å². The zero-order valence-electron chi connectivity index (χ0n) is 14.1. The van der Waals surface area contributed by atoms with Gasteiger partial charge in [-0.1, -0.05) is 12.1 Å². The lowest BCUT2D eigenvalue weighted by Crippen LogP contribution is -2.38. The quantitative estimate of drug-likeness (QED) is 0.736. The van der Waals surface area contributed by atoms with Crippen LogP contribution in [0.1, 0.15) is 17.4 Å². The van der Waals surface area contributed by atoms with Crippen molar-refractivity contribution in [2.24, 2.45) is 0 Å². The van der Waals surface area contributed by atoms with Crippen molar-refractivity contribution in [3.8, 4) is 10.6 Å². The molecule has 0 unspecified atom stereocenters. The van der Waals surface area contributed by atoms with Gasteiger partial charge in [-0.05, 0) is 23.6 Å². The van der Waals surface area contributed by atoms with Gasteiger partial charge in [0.15, 0.2) is 0 Å². The number of nitrogens with zero attached hydrogens (tertiary/aromatic N) is 3. The highest BCUT2D eigenvalue weighted by Gasteiger charge is 2.24. The molecule has 2 N–H and O–H groups in total. The lowest BCUT2D eigenvalue weighted by molar-refractivity contribution is -0.0348. The maximum absolute atomic E-state index is 5.96. The van der Waals surface area contributed by atoms with Gasteiger partial charge in [0.25, 0.3) is 0 Å². The van der Waals surface area contributed by atoms with Gasteiger partial charge < -0.3 is 10.1 Å². The van der Waals surface area contributed by atoms with Crippen LogP contribution < -0.4 is 5.32 Å². The van der Waals surface area contributed by atoms with E-state index in [1.165, 1.54) is 10.4 Å². The minimum atomic E-state index is -0.000797. The number of H-pyrrole nitrogens is 1. The SMILES string of the molecule is CNc1cccc([C@H]2CN(Cc3cn[nH]c3-c3cccs3)CCO2)n1. The molecule has 1 aliphatic heterocycles. The summed E-state index contributed by atoms with van der Waals surface area (Å²) < 4.78 is 5.96. The maximum atomic E-state index is 5.96. The molecule has 1 atom stereocenters. The Hall–Kier alpha value is -2.22. The number of morpholine rings is 1. The molecule has 0 bridgehead atoms. The predicted molar refractivity (Wildman–Crippen MR) is 99.7 cm³/mol. The highest BCUT2D eigenvalue weighted by Crippen LogP contribution is 2.28. The van der Waals surface area contributed by atoms with Crippen LogP contribution in [0.15, 0.2) is 41.9 Å². The average molecular weight is 355 g/mol. The first-order valence-corrected chi connectivity index (χ1v) is 9.26. The Morgan fingerprint density at radius 1 is 1.36 bits per heavy atom. The van der Waals surface area contributed by atoms with Crippen LogP contribution in [0.4, 0.5) is 5.82 Å². The maximum Gasteiger partial charge on any atom is 0.126 e. The molecule has 1 fully saturated rings. The first kappa shape index (κ1) is 16.3. The van der Waals surface area contributed by atoms with E-state index in [-0.39, 0.29) is 6.10 Å². The van der Waals surface area contributed by atoms with E-state index in [0.29, 0.717) is 6.61 Å². The third-order valence-electron chi connectivity index (χ3n) is 4.39. The zero-order chi connectivity index (χ0) is 17.1. The number of aromatic nitrogens is 3. The van der Waals surface area contributed by atoms with Crippen LogP contribution >= 0.6 is 11.3 Å². The van der Waals surface area contributed by atoms with E-state index in [9.17, 15) is 0 Å². The Morgan fingerprint density at radius 3 is 3.16 bits per heavy atom. The third kappa shape index (κ3) is 3.58. The molecule has 0 radical (unpaired) electrons. The molecule has 0 spiro atoms. The first-order chi connectivity index (χ1) is 12.3. The normalized spacial score (nSPS) is 18.4.